The number of phenols is 2. The smallest absolute Gasteiger partial charge is 0.131 e. The first-order chi connectivity index (χ1) is 51.6. The minimum absolute atomic E-state index is 0. The van der Waals surface area contributed by atoms with Gasteiger partial charge in [-0.2, -0.15) is 22.8 Å². The molecule has 4 bridgehead atoms. The minimum Gasteiger partial charge on any atom is -0.665 e. The van der Waals surface area contributed by atoms with E-state index in [2.05, 4.69) is 182 Å². The second-order valence-corrected chi connectivity index (χ2v) is 44.1. The molecular weight excluding hydrogens is 1710 g/mol. The van der Waals surface area contributed by atoms with E-state index in [1.165, 1.54) is 120 Å². The number of nitrogens with zero attached hydrogens (tertiary/aromatic N) is 4. The van der Waals surface area contributed by atoms with Crippen molar-refractivity contribution >= 4 is 54.7 Å². The SMILES string of the molecule is C.CC(C)(C)[CH]=[Mo]=[N]C12CC3CC(CC(C3)C1)C2.CC(C)(C)[Si](C)(C)Oc1c(Br)cc2c(c1-c1c(O)c(Br)cc3c1CCCC3)CCCC2.CC(C)([CH]=[Mo]=[N]c1c(F)c(F)c(F)c(F)c1F)c1ccccc1.Cc1cc(C)c(-c2cccc(-c3c(C)cc(C)cc3C)c2O)c(C)c1.Cc1ccc(C)[n-]1.Cc1ccc(C)[n-]1. The summed E-state index contributed by atoms with van der Waals surface area (Å²) >= 11 is 5.86. The quantitative estimate of drug-likeness (QED) is 0.0649. The standard InChI is InChI=1S/C26H34Br2O2Si.C24H26O.C10H15N.C10H12.C6F5N.2C6H8N.C5H10.CH4.2Mo/c1-26(2,3)31(4,5)30-25-21(28)15-17-11-7-9-13-19(17)23(25)22-18-12-8-6-10-16(18)14-20(27)24(22)29;1-14-10-16(3)22(17(4)11-14)20-8-7-9-21(24(20)25)23-18(5)12-15(2)13-19(23)6;11-10-4-7-1-8(5-10)3-9(2-7)6-10;1-10(2,3)9-7-5-4-6-8-9;7-1-2(8)4(10)6(12)5(11)3(1)9;2*1-5-3-4-6(2)7-5;1-5(2,3)4;;;/h14-15,29H,6-13H2,1-5H3;7-13,25H,1-6H3;7-9H,1-6H2;1,4-8H,2-3H3;;2*3-4H,1-2H3;1H,2-4H3;1H4;;/q;;;;;2*-1;;;;. The summed E-state index contributed by atoms with van der Waals surface area (Å²) in [5, 5.41) is 22.6. The van der Waals surface area contributed by atoms with Crippen LogP contribution < -0.4 is 14.4 Å². The number of benzene rings is 7. The number of aryl methyl sites for hydroxylation is 12. The number of hydrogen-bond acceptors (Lipinski definition) is 5. The Labute approximate surface area is 694 Å². The van der Waals surface area contributed by atoms with Gasteiger partial charge in [0.1, 0.15) is 17.2 Å². The normalized spacial score (nSPS) is 17.3. The Morgan fingerprint density at radius 2 is 0.901 bits per heavy atom. The summed E-state index contributed by atoms with van der Waals surface area (Å²) in [5.74, 6) is -5.09. The van der Waals surface area contributed by atoms with Crippen LogP contribution in [-0.2, 0) is 66.9 Å². The fourth-order valence-corrected chi connectivity index (χ4v) is 22.4. The molecule has 17 heteroatoms. The van der Waals surface area contributed by atoms with E-state index in [0.29, 0.717) is 22.5 Å². The number of hydrogen-bond donors (Lipinski definition) is 2. The Hall–Kier alpha value is -5.96. The van der Waals surface area contributed by atoms with Crippen molar-refractivity contribution in [1.82, 2.24) is 9.97 Å². The molecule has 9 aromatic rings. The Kier molecular flexibility index (Phi) is 31.2. The summed E-state index contributed by atoms with van der Waals surface area (Å²) in [6.45, 7) is 42.8. The molecule has 0 spiro atoms. The van der Waals surface area contributed by atoms with E-state index in [1.807, 2.05) is 114 Å². The van der Waals surface area contributed by atoms with Crippen LogP contribution in [0.25, 0.3) is 33.4 Å². The second kappa shape index (κ2) is 38.2. The van der Waals surface area contributed by atoms with Crippen LogP contribution in [0.5, 0.6) is 17.2 Å². The average molecular weight is 1830 g/mol. The van der Waals surface area contributed by atoms with E-state index < -0.39 is 66.4 Å². The first-order valence-electron chi connectivity index (χ1n) is 38.8. The third-order valence-electron chi connectivity index (χ3n) is 22.2. The number of phenolic OH excluding ortho intramolecular Hbond substituents is 2. The van der Waals surface area contributed by atoms with Crippen molar-refractivity contribution in [3.05, 3.63) is 231 Å². The van der Waals surface area contributed by atoms with E-state index in [4.69, 9.17) is 7.92 Å². The van der Waals surface area contributed by atoms with Crippen molar-refractivity contribution < 1.29 is 72.4 Å². The van der Waals surface area contributed by atoms with E-state index in [0.717, 1.165) is 120 Å². The topological polar surface area (TPSA) is 103 Å². The van der Waals surface area contributed by atoms with Crippen molar-refractivity contribution in [3.8, 4) is 50.6 Å². The first kappa shape index (κ1) is 90.6. The van der Waals surface area contributed by atoms with Crippen LogP contribution in [0.2, 0.25) is 18.1 Å². The zero-order valence-corrected chi connectivity index (χ0v) is 76.4. The second-order valence-electron chi connectivity index (χ2n) is 34.5. The molecule has 598 valence electrons. The van der Waals surface area contributed by atoms with Crippen LogP contribution in [0, 0.1) is 121 Å². The molecule has 15 rings (SSSR count). The van der Waals surface area contributed by atoms with Gasteiger partial charge in [-0.15, -0.1) is 0 Å². The maximum absolute atomic E-state index is 13.5. The molecule has 4 saturated carbocycles. The average Bonchev–Trinajstić information content (AvgIpc) is 0.856. The predicted molar refractivity (Wildman–Crippen MR) is 455 cm³/mol. The van der Waals surface area contributed by atoms with Gasteiger partial charge in [-0.1, -0.05) is 134 Å². The molecule has 0 aliphatic heterocycles. The molecule has 7 aromatic carbocycles. The fraction of sp³-hybridized carbons (Fsp3) is 0.447. The summed E-state index contributed by atoms with van der Waals surface area (Å²) in [5.41, 5.74) is 23.7. The molecule has 0 saturated heterocycles. The van der Waals surface area contributed by atoms with Crippen LogP contribution in [0.3, 0.4) is 0 Å². The third-order valence-corrected chi connectivity index (χ3v) is 33.3. The van der Waals surface area contributed by atoms with Gasteiger partial charge in [-0.3, -0.25) is 0 Å². The van der Waals surface area contributed by atoms with Crippen LogP contribution in [0.15, 0.2) is 125 Å². The summed E-state index contributed by atoms with van der Waals surface area (Å²) in [4.78, 5) is 8.22. The maximum Gasteiger partial charge on any atom is 0.131 e. The minimum atomic E-state index is -2.17. The molecule has 0 atom stereocenters. The zero-order valence-electron chi connectivity index (χ0n) is 68.2. The summed E-state index contributed by atoms with van der Waals surface area (Å²) in [6, 6.07) is 36.6. The van der Waals surface area contributed by atoms with E-state index in [9.17, 15) is 32.2 Å². The van der Waals surface area contributed by atoms with Gasteiger partial charge in [0.2, 0.25) is 0 Å². The monoisotopic (exact) mass is 1830 g/mol. The van der Waals surface area contributed by atoms with Gasteiger partial charge in [0.05, 0.1) is 8.95 Å². The van der Waals surface area contributed by atoms with Gasteiger partial charge < -0.3 is 24.6 Å². The molecular formula is C94H117Br2F5Mo2N4O3Si-2. The number of halogens is 7. The third kappa shape index (κ3) is 22.8. The number of fused-ring (bicyclic) bond motifs is 2. The largest absolute Gasteiger partial charge is 0.665 e. The molecule has 2 heterocycles. The van der Waals surface area contributed by atoms with Gasteiger partial charge in [0.25, 0.3) is 8.32 Å². The van der Waals surface area contributed by atoms with Gasteiger partial charge in [0, 0.05) is 22.3 Å². The van der Waals surface area contributed by atoms with E-state index >= 15 is 0 Å². The first-order valence-corrected chi connectivity index (χ1v) is 47.4. The van der Waals surface area contributed by atoms with Gasteiger partial charge in [-0.05, 0) is 211 Å². The van der Waals surface area contributed by atoms with Gasteiger partial charge >= 0.3 is 252 Å². The van der Waals surface area contributed by atoms with Crippen LogP contribution in [0.4, 0.5) is 27.6 Å². The van der Waals surface area contributed by atoms with Crippen molar-refractivity contribution in [2.75, 3.05) is 0 Å². The molecule has 6 aliphatic rings. The van der Waals surface area contributed by atoms with Crippen LogP contribution >= 0.6 is 31.9 Å². The zero-order chi connectivity index (χ0) is 80.7. The molecule has 0 amide bonds. The molecule has 2 N–H and O–H groups in total. The van der Waals surface area contributed by atoms with Crippen molar-refractivity contribution in [1.29, 1.82) is 0 Å². The Morgan fingerprint density at radius 3 is 1.31 bits per heavy atom. The Morgan fingerprint density at radius 1 is 0.495 bits per heavy atom. The maximum atomic E-state index is 13.5. The van der Waals surface area contributed by atoms with Crippen molar-refractivity contribution in [3.63, 3.8) is 0 Å². The van der Waals surface area contributed by atoms with Crippen LogP contribution in [-0.4, -0.2) is 32.9 Å². The number of aromatic hydroxyl groups is 2. The molecule has 6 aliphatic carbocycles. The predicted octanol–water partition coefficient (Wildman–Crippen LogP) is 27.6. The molecule has 2 aromatic heterocycles. The summed E-state index contributed by atoms with van der Waals surface area (Å²) < 4.78 is 88.3. The number of para-hydroxylation sites is 1. The van der Waals surface area contributed by atoms with E-state index in [-0.39, 0.29) is 30.4 Å². The Balaban J connectivity index is 0.000000177. The van der Waals surface area contributed by atoms with Gasteiger partial charge in [0.15, 0.2) is 0 Å². The van der Waals surface area contributed by atoms with Crippen molar-refractivity contribution in [2.24, 2.45) is 30.2 Å². The number of aromatic nitrogens is 2. The van der Waals surface area contributed by atoms with Crippen molar-refractivity contribution in [2.45, 2.75) is 251 Å². The van der Waals surface area contributed by atoms with Gasteiger partial charge in [-0.25, -0.2) is 0 Å². The molecule has 7 nitrogen and oxygen atoms in total. The van der Waals surface area contributed by atoms with E-state index in [1.54, 1.807) is 4.40 Å². The molecule has 111 heavy (non-hydrogen) atoms. The fourth-order valence-electron chi connectivity index (χ4n) is 16.4. The Bertz CT molecular complexity index is 4680. The molecule has 0 unspecified atom stereocenters. The van der Waals surface area contributed by atoms with Crippen LogP contribution in [0.1, 0.15) is 211 Å². The summed E-state index contributed by atoms with van der Waals surface area (Å²) in [7, 11) is -2.08. The summed E-state index contributed by atoms with van der Waals surface area (Å²) in [6.07, 6.45) is 18.0. The molecule has 4 fully saturated rings. The number of rotatable bonds is 9. The molecule has 0 radical (unpaired) electrons.